The van der Waals surface area contributed by atoms with Crippen molar-refractivity contribution in [1.29, 1.82) is 0 Å². The summed E-state index contributed by atoms with van der Waals surface area (Å²) in [7, 11) is 0.548. The molecule has 0 saturated carbocycles. The second-order valence-electron chi connectivity index (χ2n) is 3.76. The molecule has 0 unspecified atom stereocenters. The molecule has 0 fully saturated rings. The van der Waals surface area contributed by atoms with Crippen molar-refractivity contribution in [2.75, 3.05) is 7.05 Å². The van der Waals surface area contributed by atoms with Gasteiger partial charge in [0.25, 0.3) is 11.9 Å². The monoisotopic (exact) mass is 249 g/mol. The van der Waals surface area contributed by atoms with Gasteiger partial charge in [-0.25, -0.2) is 0 Å². The van der Waals surface area contributed by atoms with E-state index in [1.807, 2.05) is 0 Å². The minimum Gasteiger partial charge on any atom is -0.508 e. The second kappa shape index (κ2) is 4.83. The van der Waals surface area contributed by atoms with Crippen molar-refractivity contribution >= 4 is 12.6 Å². The third-order valence-electron chi connectivity index (χ3n) is 2.23. The van der Waals surface area contributed by atoms with Gasteiger partial charge in [0.15, 0.2) is 0 Å². The van der Waals surface area contributed by atoms with Gasteiger partial charge in [-0.05, 0) is 12.1 Å². The molecule has 0 saturated heterocycles. The van der Waals surface area contributed by atoms with Gasteiger partial charge in [0.2, 0.25) is 0 Å². The Balaban J connectivity index is 2.29. The summed E-state index contributed by atoms with van der Waals surface area (Å²) in [5.41, 5.74) is 0.458. The molecule has 0 spiro atoms. The third kappa shape index (κ3) is 2.82. The Hall–Kier alpha value is -2.44. The predicted octanol–water partition coefficient (Wildman–Crippen LogP) is 0.780. The maximum absolute atomic E-state index is 9.52. The third-order valence-corrected chi connectivity index (χ3v) is 2.23. The zero-order valence-corrected chi connectivity index (χ0v) is 9.65. The molecule has 0 atom stereocenters. The van der Waals surface area contributed by atoms with Crippen molar-refractivity contribution in [1.82, 2.24) is 4.90 Å². The fourth-order valence-electron chi connectivity index (χ4n) is 1.50. The van der Waals surface area contributed by atoms with Gasteiger partial charge in [0, 0.05) is 12.5 Å². The van der Waals surface area contributed by atoms with Gasteiger partial charge in [-0.3, -0.25) is 0 Å². The summed E-state index contributed by atoms with van der Waals surface area (Å²) in [4.78, 5) is 1.38. The first-order chi connectivity index (χ1) is 8.54. The first-order valence-electron chi connectivity index (χ1n) is 5.20. The smallest absolute Gasteiger partial charge is 0.508 e. The zero-order valence-electron chi connectivity index (χ0n) is 9.65. The molecule has 1 aliphatic heterocycles. The van der Waals surface area contributed by atoms with Crippen LogP contribution in [0, 0.1) is 0 Å². The number of hydrogen-bond donors (Lipinski definition) is 3. The highest BCUT2D eigenvalue weighted by Crippen LogP contribution is 2.11. The molecule has 6 nitrogen and oxygen atoms in total. The van der Waals surface area contributed by atoms with Gasteiger partial charge in [0.05, 0.1) is 12.4 Å². The Labute approximate surface area is 104 Å². The van der Waals surface area contributed by atoms with Crippen LogP contribution in [-0.2, 0) is 9.31 Å². The normalized spacial score (nSPS) is 18.7. The molecule has 18 heavy (non-hydrogen) atoms. The largest absolute Gasteiger partial charge is 0.636 e. The van der Waals surface area contributed by atoms with Gasteiger partial charge in [-0.1, -0.05) is 12.1 Å². The molecule has 1 aromatic rings. The van der Waals surface area contributed by atoms with E-state index < -0.39 is 7.12 Å². The average molecular weight is 249 g/mol. The van der Waals surface area contributed by atoms with Crippen LogP contribution in [0.3, 0.4) is 0 Å². The molecule has 1 aliphatic rings. The Morgan fingerprint density at radius 3 is 2.22 bits per heavy atom. The minimum atomic E-state index is -1.04. The van der Waals surface area contributed by atoms with Crippen LogP contribution >= 0.6 is 0 Å². The molecule has 0 radical (unpaired) electrons. The van der Waals surface area contributed by atoms with E-state index in [4.69, 9.17) is 9.31 Å². The lowest BCUT2D eigenvalue weighted by atomic mass is 9.79. The SMILES string of the molecule is CN1C=C(O)OB(c2cccc(O)c2)O/C(O)=C\1. The molecule has 0 bridgehead atoms. The standard InChI is InChI=1S/C11H12BNO5/c1-13-6-10(15)17-12(18-11(16)7-13)8-3-2-4-9(14)5-8/h2-7,14-16H,1H3/b10-6-,11-7?. The van der Waals surface area contributed by atoms with Crippen LogP contribution in [0.15, 0.2) is 48.6 Å². The van der Waals surface area contributed by atoms with E-state index in [9.17, 15) is 15.3 Å². The van der Waals surface area contributed by atoms with Gasteiger partial charge >= 0.3 is 7.12 Å². The van der Waals surface area contributed by atoms with E-state index in [2.05, 4.69) is 0 Å². The first-order valence-corrected chi connectivity index (χ1v) is 5.20. The van der Waals surface area contributed by atoms with Gasteiger partial charge in [-0.2, -0.15) is 0 Å². The molecule has 94 valence electrons. The van der Waals surface area contributed by atoms with Crippen molar-refractivity contribution in [3.8, 4) is 5.75 Å². The van der Waals surface area contributed by atoms with E-state index >= 15 is 0 Å². The number of nitrogens with zero attached hydrogens (tertiary/aromatic N) is 1. The summed E-state index contributed by atoms with van der Waals surface area (Å²) >= 11 is 0. The summed E-state index contributed by atoms with van der Waals surface area (Å²) in [6, 6.07) is 6.14. The quantitative estimate of drug-likeness (QED) is 0.638. The summed E-state index contributed by atoms with van der Waals surface area (Å²) in [6.07, 6.45) is 2.54. The molecule has 7 heteroatoms. The lowest BCUT2D eigenvalue weighted by Gasteiger charge is -2.20. The van der Waals surface area contributed by atoms with E-state index in [1.165, 1.54) is 29.4 Å². The summed E-state index contributed by atoms with van der Waals surface area (Å²) in [5, 5.41) is 28.4. The topological polar surface area (TPSA) is 82.4 Å². The summed E-state index contributed by atoms with van der Waals surface area (Å²) in [6.45, 7) is 0. The Kier molecular flexibility index (Phi) is 3.23. The highest BCUT2D eigenvalue weighted by molar-refractivity contribution is 6.61. The highest BCUT2D eigenvalue weighted by atomic mass is 16.7. The molecule has 1 heterocycles. The number of rotatable bonds is 1. The number of aliphatic hydroxyl groups is 2. The molecule has 0 aromatic heterocycles. The maximum atomic E-state index is 9.52. The van der Waals surface area contributed by atoms with Gasteiger partial charge in [-0.15, -0.1) is 0 Å². The Morgan fingerprint density at radius 1 is 1.06 bits per heavy atom. The Morgan fingerprint density at radius 2 is 1.67 bits per heavy atom. The number of aromatic hydroxyl groups is 1. The number of benzene rings is 1. The molecule has 0 aliphatic carbocycles. The molecular formula is C11H12BNO5. The fraction of sp³-hybridized carbons (Fsp3) is 0.0909. The van der Waals surface area contributed by atoms with Crippen molar-refractivity contribution in [2.45, 2.75) is 0 Å². The van der Waals surface area contributed by atoms with Crippen molar-refractivity contribution in [2.24, 2.45) is 0 Å². The predicted molar refractivity (Wildman–Crippen MR) is 64.9 cm³/mol. The zero-order chi connectivity index (χ0) is 13.1. The molecular weight excluding hydrogens is 237 g/mol. The number of hydrogen-bond acceptors (Lipinski definition) is 6. The van der Waals surface area contributed by atoms with Crippen molar-refractivity contribution < 1.29 is 24.6 Å². The van der Waals surface area contributed by atoms with Crippen LogP contribution < -0.4 is 5.46 Å². The molecule has 3 N–H and O–H groups in total. The first kappa shape index (κ1) is 12.0. The van der Waals surface area contributed by atoms with Crippen LogP contribution in [0.5, 0.6) is 5.75 Å². The van der Waals surface area contributed by atoms with Gasteiger partial charge in [0.1, 0.15) is 5.75 Å². The van der Waals surface area contributed by atoms with Crippen molar-refractivity contribution in [3.05, 3.63) is 48.6 Å². The lowest BCUT2D eigenvalue weighted by molar-refractivity contribution is 0.124. The second-order valence-corrected chi connectivity index (χ2v) is 3.76. The van der Waals surface area contributed by atoms with Gasteiger partial charge < -0.3 is 29.5 Å². The van der Waals surface area contributed by atoms with E-state index in [-0.39, 0.29) is 17.6 Å². The average Bonchev–Trinajstić information content (AvgIpc) is 2.25. The number of phenols is 1. The summed E-state index contributed by atoms with van der Waals surface area (Å²) in [5.74, 6) is -0.699. The van der Waals surface area contributed by atoms with Crippen LogP contribution in [0.25, 0.3) is 0 Å². The van der Waals surface area contributed by atoms with Crippen LogP contribution in [-0.4, -0.2) is 34.4 Å². The lowest BCUT2D eigenvalue weighted by Crippen LogP contribution is -2.37. The van der Waals surface area contributed by atoms with E-state index in [1.54, 1.807) is 19.2 Å². The fourth-order valence-corrected chi connectivity index (χ4v) is 1.50. The molecule has 0 amide bonds. The maximum Gasteiger partial charge on any atom is 0.636 e. The molecule has 1 aromatic carbocycles. The van der Waals surface area contributed by atoms with E-state index in [0.717, 1.165) is 0 Å². The van der Waals surface area contributed by atoms with Crippen LogP contribution in [0.1, 0.15) is 0 Å². The summed E-state index contributed by atoms with van der Waals surface area (Å²) < 4.78 is 10.2. The van der Waals surface area contributed by atoms with Crippen molar-refractivity contribution in [3.63, 3.8) is 0 Å². The van der Waals surface area contributed by atoms with E-state index in [0.29, 0.717) is 5.46 Å². The molecule has 2 rings (SSSR count). The highest BCUT2D eigenvalue weighted by Gasteiger charge is 2.29. The van der Waals surface area contributed by atoms with Crippen LogP contribution in [0.2, 0.25) is 0 Å². The minimum absolute atomic E-state index is 0.0332. The number of aliphatic hydroxyl groups excluding tert-OH is 2. The number of phenolic OH excluding ortho intramolecular Hbond substituents is 1. The van der Waals surface area contributed by atoms with Crippen LogP contribution in [0.4, 0.5) is 0 Å². The Bertz CT molecular complexity index is 480.